The molecule has 0 heterocycles. The van der Waals surface area contributed by atoms with E-state index in [-0.39, 0.29) is 6.10 Å². The molecule has 0 aliphatic carbocycles. The van der Waals surface area contributed by atoms with Gasteiger partial charge in [-0.05, 0) is 42.4 Å². The van der Waals surface area contributed by atoms with E-state index in [2.05, 4.69) is 30.5 Å². The predicted molar refractivity (Wildman–Crippen MR) is 77.9 cm³/mol. The lowest BCUT2D eigenvalue weighted by molar-refractivity contribution is 0.168. The van der Waals surface area contributed by atoms with E-state index in [9.17, 15) is 5.11 Å². The maximum atomic E-state index is 10.1. The molecule has 2 heteroatoms. The van der Waals surface area contributed by atoms with Gasteiger partial charge >= 0.3 is 0 Å². The van der Waals surface area contributed by atoms with Crippen molar-refractivity contribution in [2.45, 2.75) is 23.8 Å². The van der Waals surface area contributed by atoms with Crippen molar-refractivity contribution in [2.24, 2.45) is 0 Å². The summed E-state index contributed by atoms with van der Waals surface area (Å²) in [6.45, 7) is 0. The standard InChI is InChI=1S/C16H18OS/c1-18-15-10-8-14(9-11-15)16(17)12-7-13-5-3-2-4-6-13/h2-6,8-11,16-17H,7,12H2,1H3. The third-order valence-corrected chi connectivity index (χ3v) is 3.79. The van der Waals surface area contributed by atoms with Crippen LogP contribution in [-0.2, 0) is 6.42 Å². The molecule has 0 spiro atoms. The van der Waals surface area contributed by atoms with Gasteiger partial charge in [-0.1, -0.05) is 42.5 Å². The highest BCUT2D eigenvalue weighted by atomic mass is 32.2. The van der Waals surface area contributed by atoms with Gasteiger partial charge in [0.2, 0.25) is 0 Å². The molecule has 0 aliphatic heterocycles. The summed E-state index contributed by atoms with van der Waals surface area (Å²) in [5.74, 6) is 0. The van der Waals surface area contributed by atoms with Crippen LogP contribution in [0.15, 0.2) is 59.5 Å². The fraction of sp³-hybridized carbons (Fsp3) is 0.250. The number of hydrogen-bond donors (Lipinski definition) is 1. The Morgan fingerprint density at radius 1 is 1.00 bits per heavy atom. The molecule has 0 bridgehead atoms. The van der Waals surface area contributed by atoms with Gasteiger partial charge in [0.1, 0.15) is 0 Å². The van der Waals surface area contributed by atoms with E-state index in [1.807, 2.05) is 30.3 Å². The Bertz CT molecular complexity index is 464. The molecule has 2 aromatic rings. The predicted octanol–water partition coefficient (Wildman–Crippen LogP) is 4.07. The van der Waals surface area contributed by atoms with E-state index in [1.54, 1.807) is 11.8 Å². The zero-order chi connectivity index (χ0) is 12.8. The van der Waals surface area contributed by atoms with E-state index in [0.29, 0.717) is 0 Å². The summed E-state index contributed by atoms with van der Waals surface area (Å²) in [5.41, 5.74) is 2.28. The third kappa shape index (κ3) is 3.62. The first kappa shape index (κ1) is 13.2. The Morgan fingerprint density at radius 3 is 2.28 bits per heavy atom. The second-order valence-electron chi connectivity index (χ2n) is 4.31. The molecule has 0 saturated carbocycles. The highest BCUT2D eigenvalue weighted by molar-refractivity contribution is 7.98. The summed E-state index contributed by atoms with van der Waals surface area (Å²) in [7, 11) is 0. The fourth-order valence-electron chi connectivity index (χ4n) is 1.94. The van der Waals surface area contributed by atoms with Crippen LogP contribution in [0, 0.1) is 0 Å². The molecule has 0 saturated heterocycles. The van der Waals surface area contributed by atoms with Crippen molar-refractivity contribution in [1.82, 2.24) is 0 Å². The smallest absolute Gasteiger partial charge is 0.0793 e. The van der Waals surface area contributed by atoms with E-state index in [1.165, 1.54) is 10.5 Å². The topological polar surface area (TPSA) is 20.2 Å². The van der Waals surface area contributed by atoms with Gasteiger partial charge in [-0.2, -0.15) is 0 Å². The maximum absolute atomic E-state index is 10.1. The minimum Gasteiger partial charge on any atom is -0.388 e. The summed E-state index contributed by atoms with van der Waals surface area (Å²) in [5, 5.41) is 10.1. The average molecular weight is 258 g/mol. The van der Waals surface area contributed by atoms with Gasteiger partial charge in [0.05, 0.1) is 6.10 Å². The molecular formula is C16H18OS. The van der Waals surface area contributed by atoms with Gasteiger partial charge in [0.25, 0.3) is 0 Å². The van der Waals surface area contributed by atoms with Crippen molar-refractivity contribution in [1.29, 1.82) is 0 Å². The fourth-order valence-corrected chi connectivity index (χ4v) is 2.35. The molecule has 1 nitrogen and oxygen atoms in total. The normalized spacial score (nSPS) is 12.3. The Labute approximate surface area is 113 Å². The second-order valence-corrected chi connectivity index (χ2v) is 5.19. The second kappa shape index (κ2) is 6.62. The number of thioether (sulfide) groups is 1. The Morgan fingerprint density at radius 2 is 1.67 bits per heavy atom. The lowest BCUT2D eigenvalue weighted by Gasteiger charge is -2.11. The van der Waals surface area contributed by atoms with Gasteiger partial charge in [-0.3, -0.25) is 0 Å². The number of benzene rings is 2. The van der Waals surface area contributed by atoms with Gasteiger partial charge in [0, 0.05) is 4.90 Å². The van der Waals surface area contributed by atoms with Crippen LogP contribution < -0.4 is 0 Å². The zero-order valence-corrected chi connectivity index (χ0v) is 11.4. The van der Waals surface area contributed by atoms with Gasteiger partial charge < -0.3 is 5.11 Å². The van der Waals surface area contributed by atoms with Crippen LogP contribution >= 0.6 is 11.8 Å². The number of hydrogen-bond acceptors (Lipinski definition) is 2. The van der Waals surface area contributed by atoms with Crippen molar-refractivity contribution < 1.29 is 5.11 Å². The van der Waals surface area contributed by atoms with Crippen LogP contribution in [0.3, 0.4) is 0 Å². The molecule has 2 rings (SSSR count). The lowest BCUT2D eigenvalue weighted by Crippen LogP contribution is -1.99. The zero-order valence-electron chi connectivity index (χ0n) is 10.5. The average Bonchev–Trinajstić information content (AvgIpc) is 2.46. The molecule has 1 N–H and O–H groups in total. The Hall–Kier alpha value is -1.25. The first-order valence-corrected chi connectivity index (χ1v) is 7.38. The summed E-state index contributed by atoms with van der Waals surface area (Å²) in [6.07, 6.45) is 3.36. The monoisotopic (exact) mass is 258 g/mol. The van der Waals surface area contributed by atoms with E-state index in [0.717, 1.165) is 18.4 Å². The van der Waals surface area contributed by atoms with Gasteiger partial charge in [-0.25, -0.2) is 0 Å². The number of aliphatic hydroxyl groups is 1. The molecule has 0 aliphatic rings. The molecule has 18 heavy (non-hydrogen) atoms. The van der Waals surface area contributed by atoms with Crippen molar-refractivity contribution in [3.63, 3.8) is 0 Å². The first-order chi connectivity index (χ1) is 8.79. The minimum atomic E-state index is -0.374. The maximum Gasteiger partial charge on any atom is 0.0793 e. The summed E-state index contributed by atoms with van der Waals surface area (Å²) in [6, 6.07) is 18.4. The van der Waals surface area contributed by atoms with Crippen LogP contribution in [-0.4, -0.2) is 11.4 Å². The SMILES string of the molecule is CSc1ccc(C(O)CCc2ccccc2)cc1. The van der Waals surface area contributed by atoms with Crippen LogP contribution in [0.5, 0.6) is 0 Å². The van der Waals surface area contributed by atoms with Crippen molar-refractivity contribution >= 4 is 11.8 Å². The van der Waals surface area contributed by atoms with E-state index < -0.39 is 0 Å². The molecule has 1 atom stereocenters. The quantitative estimate of drug-likeness (QED) is 0.816. The lowest BCUT2D eigenvalue weighted by atomic mass is 10.0. The summed E-state index contributed by atoms with van der Waals surface area (Å²) >= 11 is 1.72. The number of aliphatic hydroxyl groups excluding tert-OH is 1. The molecule has 1 unspecified atom stereocenters. The minimum absolute atomic E-state index is 0.374. The van der Waals surface area contributed by atoms with Crippen LogP contribution in [0.4, 0.5) is 0 Å². The number of rotatable bonds is 5. The molecule has 94 valence electrons. The van der Waals surface area contributed by atoms with Gasteiger partial charge in [-0.15, -0.1) is 11.8 Å². The van der Waals surface area contributed by atoms with Crippen molar-refractivity contribution in [3.05, 3.63) is 65.7 Å². The van der Waals surface area contributed by atoms with Crippen LogP contribution in [0.1, 0.15) is 23.7 Å². The Kier molecular flexibility index (Phi) is 4.85. The highest BCUT2D eigenvalue weighted by Gasteiger charge is 2.07. The first-order valence-electron chi connectivity index (χ1n) is 6.15. The van der Waals surface area contributed by atoms with E-state index in [4.69, 9.17) is 0 Å². The molecule has 0 aromatic heterocycles. The third-order valence-electron chi connectivity index (χ3n) is 3.05. The number of aryl methyl sites for hydroxylation is 1. The Balaban J connectivity index is 1.93. The summed E-state index contributed by atoms with van der Waals surface area (Å²) < 4.78 is 0. The summed E-state index contributed by atoms with van der Waals surface area (Å²) in [4.78, 5) is 1.23. The van der Waals surface area contributed by atoms with Crippen LogP contribution in [0.25, 0.3) is 0 Å². The largest absolute Gasteiger partial charge is 0.388 e. The molecule has 0 fully saturated rings. The molecular weight excluding hydrogens is 240 g/mol. The molecule has 0 radical (unpaired) electrons. The van der Waals surface area contributed by atoms with E-state index >= 15 is 0 Å². The van der Waals surface area contributed by atoms with Crippen LogP contribution in [0.2, 0.25) is 0 Å². The molecule has 2 aromatic carbocycles. The molecule has 0 amide bonds. The van der Waals surface area contributed by atoms with Gasteiger partial charge in [0.15, 0.2) is 0 Å². The van der Waals surface area contributed by atoms with Crippen molar-refractivity contribution in [2.75, 3.05) is 6.26 Å². The van der Waals surface area contributed by atoms with Crippen molar-refractivity contribution in [3.8, 4) is 0 Å². The highest BCUT2D eigenvalue weighted by Crippen LogP contribution is 2.22.